The molecule has 146 valence electrons. The number of carbonyl (C=O) groups is 1. The third kappa shape index (κ3) is 5.05. The summed E-state index contributed by atoms with van der Waals surface area (Å²) in [5.74, 6) is -0.0448. The second kappa shape index (κ2) is 8.49. The summed E-state index contributed by atoms with van der Waals surface area (Å²) < 4.78 is 26.9. The van der Waals surface area contributed by atoms with E-state index in [4.69, 9.17) is 0 Å². The molecule has 0 radical (unpaired) electrons. The molecule has 0 aliphatic carbocycles. The van der Waals surface area contributed by atoms with Crippen molar-refractivity contribution in [2.75, 3.05) is 32.4 Å². The van der Waals surface area contributed by atoms with Crippen LogP contribution in [-0.4, -0.2) is 67.5 Å². The number of hydrogen-bond donors (Lipinski definition) is 2. The molecule has 0 bridgehead atoms. The maximum absolute atomic E-state index is 13.0. The van der Waals surface area contributed by atoms with Gasteiger partial charge in [-0.25, -0.2) is 13.1 Å². The molecule has 3 heterocycles. The van der Waals surface area contributed by atoms with Crippen molar-refractivity contribution in [3.05, 3.63) is 18.0 Å². The molecule has 26 heavy (non-hydrogen) atoms. The Morgan fingerprint density at radius 1 is 1.35 bits per heavy atom. The number of sulfonamides is 1. The lowest BCUT2D eigenvalue weighted by Crippen LogP contribution is -2.45. The number of nitrogens with one attached hydrogen (secondary N) is 2. The molecular weight excluding hydrogens is 354 g/mol. The first-order valence-electron chi connectivity index (χ1n) is 9.45. The first kappa shape index (κ1) is 19.3. The number of likely N-dealkylation sites (tertiary alicyclic amines) is 1. The molecule has 2 aliphatic heterocycles. The van der Waals surface area contributed by atoms with Crippen molar-refractivity contribution in [2.45, 2.75) is 50.6 Å². The minimum atomic E-state index is -3.20. The van der Waals surface area contributed by atoms with E-state index in [0.29, 0.717) is 31.2 Å². The van der Waals surface area contributed by atoms with E-state index in [1.807, 2.05) is 15.8 Å². The Morgan fingerprint density at radius 3 is 2.92 bits per heavy atom. The maximum Gasteiger partial charge on any atom is 0.274 e. The molecule has 2 saturated heterocycles. The molecular formula is C17H29N5O3S. The van der Waals surface area contributed by atoms with Crippen LogP contribution in [0.1, 0.15) is 55.1 Å². The molecule has 0 aromatic carbocycles. The van der Waals surface area contributed by atoms with E-state index in [0.717, 1.165) is 51.4 Å². The van der Waals surface area contributed by atoms with Crippen LogP contribution in [0.4, 0.5) is 0 Å². The third-order valence-corrected chi connectivity index (χ3v) is 5.93. The Morgan fingerprint density at radius 2 is 2.19 bits per heavy atom. The van der Waals surface area contributed by atoms with Crippen LogP contribution < -0.4 is 10.0 Å². The predicted octanol–water partition coefficient (Wildman–Crippen LogP) is 0.742. The fourth-order valence-corrected chi connectivity index (χ4v) is 4.33. The Kier molecular flexibility index (Phi) is 6.31. The van der Waals surface area contributed by atoms with E-state index >= 15 is 0 Å². The summed E-state index contributed by atoms with van der Waals surface area (Å²) in [5.41, 5.74) is 0.485. The van der Waals surface area contributed by atoms with E-state index in [1.54, 1.807) is 6.07 Å². The van der Waals surface area contributed by atoms with Gasteiger partial charge in [-0.3, -0.25) is 9.48 Å². The van der Waals surface area contributed by atoms with Gasteiger partial charge in [-0.2, -0.15) is 5.10 Å². The number of hydrogen-bond acceptors (Lipinski definition) is 5. The van der Waals surface area contributed by atoms with Crippen molar-refractivity contribution >= 4 is 15.9 Å². The van der Waals surface area contributed by atoms with Gasteiger partial charge in [-0.15, -0.1) is 0 Å². The van der Waals surface area contributed by atoms with Crippen LogP contribution in [0, 0.1) is 0 Å². The van der Waals surface area contributed by atoms with Crippen molar-refractivity contribution in [3.63, 3.8) is 0 Å². The highest BCUT2D eigenvalue weighted by Crippen LogP contribution is 2.22. The topological polar surface area (TPSA) is 96.3 Å². The smallest absolute Gasteiger partial charge is 0.274 e. The second-order valence-corrected chi connectivity index (χ2v) is 9.12. The van der Waals surface area contributed by atoms with Crippen molar-refractivity contribution in [2.24, 2.45) is 0 Å². The third-order valence-electron chi connectivity index (χ3n) is 5.20. The monoisotopic (exact) mass is 383 g/mol. The average molecular weight is 384 g/mol. The van der Waals surface area contributed by atoms with Crippen molar-refractivity contribution in [1.82, 2.24) is 24.7 Å². The largest absolute Gasteiger partial charge is 0.334 e. The van der Waals surface area contributed by atoms with Crippen molar-refractivity contribution < 1.29 is 13.2 Å². The van der Waals surface area contributed by atoms with Gasteiger partial charge in [0.25, 0.3) is 5.91 Å². The second-order valence-electron chi connectivity index (χ2n) is 7.28. The molecule has 2 fully saturated rings. The van der Waals surface area contributed by atoms with Gasteiger partial charge >= 0.3 is 0 Å². The van der Waals surface area contributed by atoms with Gasteiger partial charge in [0.15, 0.2) is 0 Å². The molecule has 8 nitrogen and oxygen atoms in total. The molecule has 2 atom stereocenters. The van der Waals surface area contributed by atoms with Crippen molar-refractivity contribution in [3.8, 4) is 0 Å². The molecule has 2 N–H and O–H groups in total. The zero-order chi connectivity index (χ0) is 18.6. The van der Waals surface area contributed by atoms with Crippen LogP contribution >= 0.6 is 0 Å². The molecule has 1 aromatic rings. The highest BCUT2D eigenvalue weighted by atomic mass is 32.2. The van der Waals surface area contributed by atoms with Crippen molar-refractivity contribution in [1.29, 1.82) is 0 Å². The normalized spacial score (nSPS) is 24.6. The summed E-state index contributed by atoms with van der Waals surface area (Å²) >= 11 is 0. The quantitative estimate of drug-likeness (QED) is 0.755. The lowest BCUT2D eigenvalue weighted by atomic mass is 9.99. The number of rotatable bonds is 6. The summed E-state index contributed by atoms with van der Waals surface area (Å²) in [5, 5.41) is 7.90. The van der Waals surface area contributed by atoms with E-state index < -0.39 is 10.0 Å². The summed E-state index contributed by atoms with van der Waals surface area (Å²) in [6.45, 7) is 3.00. The van der Waals surface area contributed by atoms with Gasteiger partial charge in [0, 0.05) is 31.9 Å². The lowest BCUT2D eigenvalue weighted by Gasteiger charge is -2.35. The zero-order valence-corrected chi connectivity index (χ0v) is 16.2. The molecule has 1 amide bonds. The summed E-state index contributed by atoms with van der Waals surface area (Å²) in [6, 6.07) is 2.17. The van der Waals surface area contributed by atoms with E-state index in [9.17, 15) is 13.2 Å². The van der Waals surface area contributed by atoms with Crippen LogP contribution in [0.5, 0.6) is 0 Å². The molecule has 0 saturated carbocycles. The minimum absolute atomic E-state index is 0.0448. The molecule has 2 aliphatic rings. The number of carbonyl (C=O) groups excluding carboxylic acids is 1. The summed E-state index contributed by atoms with van der Waals surface area (Å²) in [6.07, 6.45) is 8.83. The van der Waals surface area contributed by atoms with Crippen LogP contribution in [0.15, 0.2) is 12.3 Å². The van der Waals surface area contributed by atoms with Crippen LogP contribution in [0.3, 0.4) is 0 Å². The standard InChI is InChI=1S/C17H29N5O3S/c1-26(24,25)19-10-7-14-5-2-3-11-21(14)17(23)16-8-12-22(20-16)15-6-4-9-18-13-15/h8,12,14-15,18-19H,2-7,9-11,13H2,1H3. The van der Waals surface area contributed by atoms with Crippen LogP contribution in [-0.2, 0) is 10.0 Å². The Balaban J connectivity index is 1.63. The Hall–Kier alpha value is -1.45. The first-order valence-corrected chi connectivity index (χ1v) is 11.3. The summed E-state index contributed by atoms with van der Waals surface area (Å²) in [4.78, 5) is 14.8. The fraction of sp³-hybridized carbons (Fsp3) is 0.765. The highest BCUT2D eigenvalue weighted by molar-refractivity contribution is 7.88. The number of piperidine rings is 2. The number of aromatic nitrogens is 2. The van der Waals surface area contributed by atoms with Crippen LogP contribution in [0.25, 0.3) is 0 Å². The van der Waals surface area contributed by atoms with Gasteiger partial charge in [-0.1, -0.05) is 0 Å². The maximum atomic E-state index is 13.0. The fourth-order valence-electron chi connectivity index (χ4n) is 3.84. The molecule has 0 spiro atoms. The SMILES string of the molecule is CS(=O)(=O)NCCC1CCCCN1C(=O)c1ccn(C2CCCNC2)n1. The van der Waals surface area contributed by atoms with Gasteiger partial charge in [0.1, 0.15) is 5.69 Å². The Labute approximate surface area is 155 Å². The van der Waals surface area contributed by atoms with Gasteiger partial charge in [0.05, 0.1) is 12.3 Å². The Bertz CT molecular complexity index is 712. The predicted molar refractivity (Wildman–Crippen MR) is 99.5 cm³/mol. The minimum Gasteiger partial charge on any atom is -0.334 e. The molecule has 3 rings (SSSR count). The molecule has 1 aromatic heterocycles. The van der Waals surface area contributed by atoms with E-state index in [2.05, 4.69) is 15.1 Å². The molecule has 2 unspecified atom stereocenters. The first-order chi connectivity index (χ1) is 12.4. The average Bonchev–Trinajstić information content (AvgIpc) is 3.11. The van der Waals surface area contributed by atoms with Gasteiger partial charge in [0.2, 0.25) is 10.0 Å². The van der Waals surface area contributed by atoms with Gasteiger partial charge < -0.3 is 10.2 Å². The number of amides is 1. The lowest BCUT2D eigenvalue weighted by molar-refractivity contribution is 0.0596. The van der Waals surface area contributed by atoms with E-state index in [-0.39, 0.29) is 11.9 Å². The number of nitrogens with zero attached hydrogens (tertiary/aromatic N) is 3. The van der Waals surface area contributed by atoms with Gasteiger partial charge in [-0.05, 0) is 51.1 Å². The van der Waals surface area contributed by atoms with Crippen LogP contribution in [0.2, 0.25) is 0 Å². The summed E-state index contributed by atoms with van der Waals surface area (Å²) in [7, 11) is -3.20. The molecule has 9 heteroatoms. The highest BCUT2D eigenvalue weighted by Gasteiger charge is 2.29. The van der Waals surface area contributed by atoms with E-state index in [1.165, 1.54) is 0 Å². The zero-order valence-electron chi connectivity index (χ0n) is 15.4.